The Morgan fingerprint density at radius 2 is 1.86 bits per heavy atom. The quantitative estimate of drug-likeness (QED) is 0.255. The zero-order chi connectivity index (χ0) is 30.2. The van der Waals surface area contributed by atoms with Crippen LogP contribution in [0.5, 0.6) is 5.75 Å². The van der Waals surface area contributed by atoms with E-state index in [1.165, 1.54) is 6.07 Å². The first kappa shape index (κ1) is 30.0. The number of nitrogens with zero attached hydrogens (tertiary/aromatic N) is 2. The molecule has 1 saturated carbocycles. The number of pyridine rings is 1. The summed E-state index contributed by atoms with van der Waals surface area (Å²) in [6.45, 7) is 9.27. The predicted octanol–water partition coefficient (Wildman–Crippen LogP) is 7.68. The summed E-state index contributed by atoms with van der Waals surface area (Å²) in [5, 5.41) is 0.730. The summed E-state index contributed by atoms with van der Waals surface area (Å²) in [4.78, 5) is 19.7. The van der Waals surface area contributed by atoms with E-state index < -0.39 is 11.4 Å². The van der Waals surface area contributed by atoms with Crippen LogP contribution >= 0.6 is 0 Å². The second kappa shape index (κ2) is 11.7. The van der Waals surface area contributed by atoms with Crippen LogP contribution < -0.4 is 9.64 Å². The smallest absolute Gasteiger partial charge is 0.308 e. The second-order valence-electron chi connectivity index (χ2n) is 12.6. The van der Waals surface area contributed by atoms with E-state index in [4.69, 9.17) is 23.9 Å². The third-order valence-electron chi connectivity index (χ3n) is 7.42. The molecule has 2 heterocycles. The number of esters is 1. The zero-order valence-corrected chi connectivity index (χ0v) is 25.6. The Kier molecular flexibility index (Phi) is 8.32. The topological polar surface area (TPSA) is 70.1 Å². The van der Waals surface area contributed by atoms with Crippen LogP contribution in [0.3, 0.4) is 0 Å². The number of aromatic nitrogens is 1. The Morgan fingerprint density at radius 3 is 2.50 bits per heavy atom. The van der Waals surface area contributed by atoms with E-state index in [-0.39, 0.29) is 30.4 Å². The molecule has 42 heavy (non-hydrogen) atoms. The maximum absolute atomic E-state index is 14.6. The standard InChI is InChI=1S/C34H41FN2O5/c1-33(2,3)42-30(38)20-26-19-25(40-34(4,5)41-26)15-16-27-31(21-8-9-21)36-29-17-10-22(35)18-28(29)32(27)37(6)23-11-13-24(39-7)14-12-23/h10-18,21,25-26H,8-9,19-20H2,1-7H3/b16-15+/t25-,26-/m1/s1. The molecule has 0 unspecified atom stereocenters. The number of rotatable bonds is 8. The third-order valence-corrected chi connectivity index (χ3v) is 7.42. The Labute approximate surface area is 247 Å². The molecule has 5 rings (SSSR count). The Hall–Kier alpha value is -3.49. The van der Waals surface area contributed by atoms with E-state index in [0.29, 0.717) is 12.3 Å². The highest BCUT2D eigenvalue weighted by atomic mass is 19.1. The highest BCUT2D eigenvalue weighted by molar-refractivity contribution is 5.99. The van der Waals surface area contributed by atoms with E-state index in [9.17, 15) is 9.18 Å². The van der Waals surface area contributed by atoms with Gasteiger partial charge in [0.1, 0.15) is 17.2 Å². The highest BCUT2D eigenvalue weighted by Gasteiger charge is 2.37. The van der Waals surface area contributed by atoms with Crippen molar-refractivity contribution in [1.29, 1.82) is 0 Å². The summed E-state index contributed by atoms with van der Waals surface area (Å²) >= 11 is 0. The van der Waals surface area contributed by atoms with Crippen molar-refractivity contribution in [3.8, 4) is 5.75 Å². The number of hydrogen-bond donors (Lipinski definition) is 0. The predicted molar refractivity (Wildman–Crippen MR) is 163 cm³/mol. The molecule has 0 spiro atoms. The average Bonchev–Trinajstić information content (AvgIpc) is 3.74. The van der Waals surface area contributed by atoms with Gasteiger partial charge in [0.05, 0.1) is 42.6 Å². The molecule has 224 valence electrons. The van der Waals surface area contributed by atoms with E-state index in [1.807, 2.05) is 72.0 Å². The van der Waals surface area contributed by atoms with Gasteiger partial charge in [-0.15, -0.1) is 0 Å². The fraction of sp³-hybridized carbons (Fsp3) is 0.471. The van der Waals surface area contributed by atoms with Gasteiger partial charge in [0.25, 0.3) is 0 Å². The summed E-state index contributed by atoms with van der Waals surface area (Å²) < 4.78 is 37.9. The lowest BCUT2D eigenvalue weighted by Gasteiger charge is -2.40. The lowest BCUT2D eigenvalue weighted by Crippen LogP contribution is -2.45. The highest BCUT2D eigenvalue weighted by Crippen LogP contribution is 2.46. The Morgan fingerprint density at radius 1 is 1.14 bits per heavy atom. The second-order valence-corrected chi connectivity index (χ2v) is 12.6. The van der Waals surface area contributed by atoms with E-state index in [2.05, 4.69) is 11.0 Å². The molecule has 1 aromatic heterocycles. The number of benzene rings is 2. The van der Waals surface area contributed by atoms with E-state index >= 15 is 0 Å². The molecule has 1 aliphatic heterocycles. The number of carbonyl (C=O) groups is 1. The van der Waals surface area contributed by atoms with Gasteiger partial charge in [0.15, 0.2) is 5.79 Å². The molecular weight excluding hydrogens is 535 g/mol. The normalized spacial score (nSPS) is 20.6. The van der Waals surface area contributed by atoms with Crippen molar-refractivity contribution in [1.82, 2.24) is 4.98 Å². The molecule has 0 radical (unpaired) electrons. The maximum Gasteiger partial charge on any atom is 0.308 e. The fourth-order valence-electron chi connectivity index (χ4n) is 5.54. The van der Waals surface area contributed by atoms with Crippen molar-refractivity contribution in [3.63, 3.8) is 0 Å². The van der Waals surface area contributed by atoms with Crippen molar-refractivity contribution in [2.75, 3.05) is 19.1 Å². The van der Waals surface area contributed by atoms with Gasteiger partial charge >= 0.3 is 5.97 Å². The molecule has 2 fully saturated rings. The zero-order valence-electron chi connectivity index (χ0n) is 25.6. The van der Waals surface area contributed by atoms with Crippen molar-refractivity contribution in [2.24, 2.45) is 0 Å². The molecule has 7 nitrogen and oxygen atoms in total. The third kappa shape index (κ3) is 7.10. The molecule has 0 N–H and O–H groups in total. The van der Waals surface area contributed by atoms with Gasteiger partial charge in [0.2, 0.25) is 0 Å². The first-order chi connectivity index (χ1) is 19.8. The summed E-state index contributed by atoms with van der Waals surface area (Å²) in [7, 11) is 3.63. The molecule has 1 saturated heterocycles. The molecule has 8 heteroatoms. The lowest BCUT2D eigenvalue weighted by molar-refractivity contribution is -0.290. The molecule has 2 aromatic carbocycles. The largest absolute Gasteiger partial charge is 0.497 e. The first-order valence-corrected chi connectivity index (χ1v) is 14.6. The van der Waals surface area contributed by atoms with Crippen molar-refractivity contribution in [2.45, 2.75) is 89.8 Å². The van der Waals surface area contributed by atoms with Crippen molar-refractivity contribution < 1.29 is 28.1 Å². The first-order valence-electron chi connectivity index (χ1n) is 14.6. The van der Waals surface area contributed by atoms with Gasteiger partial charge in [-0.2, -0.15) is 0 Å². The minimum absolute atomic E-state index is 0.143. The molecule has 3 aromatic rings. The number of ether oxygens (including phenoxy) is 4. The number of hydrogen-bond acceptors (Lipinski definition) is 7. The van der Waals surface area contributed by atoms with Gasteiger partial charge in [-0.05, 0) is 89.9 Å². The van der Waals surface area contributed by atoms with E-state index in [0.717, 1.165) is 52.1 Å². The molecule has 2 aliphatic rings. The van der Waals surface area contributed by atoms with E-state index in [1.54, 1.807) is 19.2 Å². The van der Waals surface area contributed by atoms with Crippen LogP contribution in [-0.2, 0) is 19.0 Å². The maximum atomic E-state index is 14.6. The van der Waals surface area contributed by atoms with Gasteiger partial charge in [-0.3, -0.25) is 9.78 Å². The summed E-state index contributed by atoms with van der Waals surface area (Å²) in [5.74, 6) is -0.395. The molecule has 0 amide bonds. The van der Waals surface area contributed by atoms with Gasteiger partial charge in [-0.1, -0.05) is 12.2 Å². The average molecular weight is 577 g/mol. The van der Waals surface area contributed by atoms with Crippen LogP contribution in [0.15, 0.2) is 48.5 Å². The Bertz CT molecular complexity index is 1470. The molecule has 2 atom stereocenters. The Balaban J connectivity index is 1.53. The summed E-state index contributed by atoms with van der Waals surface area (Å²) in [5.41, 5.74) is 3.93. The number of anilines is 2. The van der Waals surface area contributed by atoms with Gasteiger partial charge in [-0.25, -0.2) is 4.39 Å². The van der Waals surface area contributed by atoms with Crippen LogP contribution in [0.2, 0.25) is 0 Å². The SMILES string of the molecule is COc1ccc(N(C)c2c(/C=C/[C@@H]3C[C@H](CC(=O)OC(C)(C)C)OC(C)(C)O3)c(C3CC3)nc3ccc(F)cc23)cc1. The fourth-order valence-corrected chi connectivity index (χ4v) is 5.54. The minimum Gasteiger partial charge on any atom is -0.497 e. The molecule has 1 aliphatic carbocycles. The van der Waals surface area contributed by atoms with Gasteiger partial charge in [0, 0.05) is 36.0 Å². The summed E-state index contributed by atoms with van der Waals surface area (Å²) in [6.07, 6.45) is 6.17. The van der Waals surface area contributed by atoms with Crippen LogP contribution in [0.1, 0.15) is 77.5 Å². The number of halogens is 1. The van der Waals surface area contributed by atoms with Gasteiger partial charge < -0.3 is 23.8 Å². The molecule has 0 bridgehead atoms. The lowest BCUT2D eigenvalue weighted by atomic mass is 9.99. The number of fused-ring (bicyclic) bond motifs is 1. The monoisotopic (exact) mass is 576 g/mol. The summed E-state index contributed by atoms with van der Waals surface area (Å²) in [6, 6.07) is 12.6. The van der Waals surface area contributed by atoms with Crippen LogP contribution in [0.4, 0.5) is 15.8 Å². The van der Waals surface area contributed by atoms with Crippen molar-refractivity contribution in [3.05, 3.63) is 65.6 Å². The number of carbonyl (C=O) groups excluding carboxylic acids is 1. The van der Waals surface area contributed by atoms with Crippen LogP contribution in [0, 0.1) is 5.82 Å². The van der Waals surface area contributed by atoms with Crippen molar-refractivity contribution >= 4 is 34.3 Å². The minimum atomic E-state index is -0.882. The number of methoxy groups -OCH3 is 1. The molecular formula is C34H41FN2O5. The van der Waals surface area contributed by atoms with Crippen LogP contribution in [-0.4, -0.2) is 48.7 Å². The van der Waals surface area contributed by atoms with Crippen LogP contribution in [0.25, 0.3) is 17.0 Å².